The molecule has 1 aliphatic rings. The Morgan fingerprint density at radius 1 is 1.31 bits per heavy atom. The van der Waals surface area contributed by atoms with E-state index in [9.17, 15) is 4.79 Å². The zero-order chi connectivity index (χ0) is 18.1. The minimum absolute atomic E-state index is 0.0143. The molecule has 7 nitrogen and oxygen atoms in total. The summed E-state index contributed by atoms with van der Waals surface area (Å²) >= 11 is 0. The van der Waals surface area contributed by atoms with Crippen LogP contribution in [0.3, 0.4) is 0 Å². The molecule has 132 valence electrons. The number of pyridine rings is 1. The minimum Gasteiger partial charge on any atom is -0.481 e. The van der Waals surface area contributed by atoms with Gasteiger partial charge in [0.15, 0.2) is 0 Å². The van der Waals surface area contributed by atoms with Gasteiger partial charge in [-0.25, -0.2) is 4.98 Å². The number of aryl methyl sites for hydroxylation is 1. The number of hydrogen-bond donors (Lipinski definition) is 2. The molecule has 26 heavy (non-hydrogen) atoms. The molecule has 0 spiro atoms. The third-order valence-corrected chi connectivity index (χ3v) is 4.60. The number of rotatable bonds is 4. The number of nitrogens with one attached hydrogen (secondary N) is 1. The highest BCUT2D eigenvalue weighted by Gasteiger charge is 2.28. The Kier molecular flexibility index (Phi) is 4.04. The van der Waals surface area contributed by atoms with Gasteiger partial charge in [-0.2, -0.15) is 0 Å². The second kappa shape index (κ2) is 6.51. The number of fused-ring (bicyclic) bond motifs is 1. The summed E-state index contributed by atoms with van der Waals surface area (Å²) in [6.45, 7) is 0. The molecule has 2 heterocycles. The van der Waals surface area contributed by atoms with Crippen molar-refractivity contribution in [3.63, 3.8) is 0 Å². The third kappa shape index (κ3) is 2.77. The van der Waals surface area contributed by atoms with E-state index < -0.39 is 0 Å². The average Bonchev–Trinajstić information content (AvgIpc) is 3.26. The highest BCUT2D eigenvalue weighted by molar-refractivity contribution is 6.03. The van der Waals surface area contributed by atoms with Crippen molar-refractivity contribution in [1.82, 2.24) is 15.5 Å². The van der Waals surface area contributed by atoms with Gasteiger partial charge in [-0.05, 0) is 30.0 Å². The van der Waals surface area contributed by atoms with Crippen molar-refractivity contribution in [2.75, 3.05) is 12.8 Å². The number of ether oxygens (including phenoxy) is 1. The molecule has 1 aromatic carbocycles. The Balaban J connectivity index is 1.62. The number of hydrogen-bond acceptors (Lipinski definition) is 6. The van der Waals surface area contributed by atoms with Crippen molar-refractivity contribution in [1.29, 1.82) is 0 Å². The molecule has 3 N–H and O–H groups in total. The number of methoxy groups -OCH3 is 1. The third-order valence-electron chi connectivity index (χ3n) is 4.60. The first kappa shape index (κ1) is 16.1. The average molecular weight is 350 g/mol. The molecule has 3 aromatic rings. The molecule has 0 bridgehead atoms. The van der Waals surface area contributed by atoms with E-state index in [0.717, 1.165) is 18.4 Å². The van der Waals surface area contributed by atoms with Crippen LogP contribution in [0.25, 0.3) is 11.3 Å². The molecule has 1 unspecified atom stereocenters. The predicted octanol–water partition coefficient (Wildman–Crippen LogP) is 2.74. The number of nitrogen functional groups attached to an aromatic ring is 1. The first-order valence-electron chi connectivity index (χ1n) is 8.31. The molecule has 0 aliphatic heterocycles. The van der Waals surface area contributed by atoms with Gasteiger partial charge in [0.25, 0.3) is 5.91 Å². The van der Waals surface area contributed by atoms with Crippen LogP contribution in [0.1, 0.15) is 33.9 Å². The van der Waals surface area contributed by atoms with Crippen molar-refractivity contribution in [2.45, 2.75) is 18.9 Å². The van der Waals surface area contributed by atoms with Crippen LogP contribution in [0.2, 0.25) is 0 Å². The fourth-order valence-corrected chi connectivity index (χ4v) is 3.30. The number of nitrogens with zero attached hydrogens (tertiary/aromatic N) is 2. The Labute approximate surface area is 150 Å². The maximum Gasteiger partial charge on any atom is 0.259 e. The maximum absolute atomic E-state index is 12.9. The first-order valence-corrected chi connectivity index (χ1v) is 8.31. The van der Waals surface area contributed by atoms with E-state index in [1.54, 1.807) is 18.3 Å². The standard InChI is InChI=1S/C19H18N4O3/c1-25-15-9-7-12(10-21-15)17-16(18(20)26-23-17)19(24)22-14-8-6-11-4-2-3-5-13(11)14/h2-5,7,9-10,14H,6,8,20H2,1H3,(H,22,24). The molecule has 0 fully saturated rings. The largest absolute Gasteiger partial charge is 0.481 e. The van der Waals surface area contributed by atoms with E-state index in [4.69, 9.17) is 15.0 Å². The van der Waals surface area contributed by atoms with E-state index >= 15 is 0 Å². The van der Waals surface area contributed by atoms with Gasteiger partial charge in [0.05, 0.1) is 13.2 Å². The Morgan fingerprint density at radius 3 is 2.92 bits per heavy atom. The second-order valence-corrected chi connectivity index (χ2v) is 6.12. The summed E-state index contributed by atoms with van der Waals surface area (Å²) in [5, 5.41) is 6.99. The van der Waals surface area contributed by atoms with Crippen molar-refractivity contribution in [2.24, 2.45) is 0 Å². The van der Waals surface area contributed by atoms with Crippen LogP contribution in [-0.2, 0) is 6.42 Å². The second-order valence-electron chi connectivity index (χ2n) is 6.12. The van der Waals surface area contributed by atoms with Gasteiger partial charge in [0, 0.05) is 17.8 Å². The topological polar surface area (TPSA) is 103 Å². The fraction of sp³-hybridized carbons (Fsp3) is 0.211. The Hall–Kier alpha value is -3.35. The van der Waals surface area contributed by atoms with E-state index in [1.165, 1.54) is 12.7 Å². The summed E-state index contributed by atoms with van der Waals surface area (Å²) < 4.78 is 10.1. The number of anilines is 1. The fourth-order valence-electron chi connectivity index (χ4n) is 3.30. The summed E-state index contributed by atoms with van der Waals surface area (Å²) in [4.78, 5) is 17.0. The Bertz CT molecular complexity index is 950. The quantitative estimate of drug-likeness (QED) is 0.750. The first-order chi connectivity index (χ1) is 12.7. The van der Waals surface area contributed by atoms with Gasteiger partial charge in [0.2, 0.25) is 11.8 Å². The molecule has 0 saturated heterocycles. The number of carbonyl (C=O) groups is 1. The van der Waals surface area contributed by atoms with Gasteiger partial charge in [-0.15, -0.1) is 0 Å². The predicted molar refractivity (Wildman–Crippen MR) is 95.7 cm³/mol. The van der Waals surface area contributed by atoms with Gasteiger partial charge in [-0.3, -0.25) is 4.79 Å². The molecule has 1 amide bonds. The molecule has 1 atom stereocenters. The Morgan fingerprint density at radius 2 is 2.15 bits per heavy atom. The molecular formula is C19H18N4O3. The van der Waals surface area contributed by atoms with Crippen molar-refractivity contribution in [3.05, 3.63) is 59.3 Å². The summed E-state index contributed by atoms with van der Waals surface area (Å²) in [5.74, 6) is 0.148. The van der Waals surface area contributed by atoms with E-state index in [2.05, 4.69) is 21.5 Å². The zero-order valence-corrected chi connectivity index (χ0v) is 14.2. The molecule has 0 radical (unpaired) electrons. The van der Waals surface area contributed by atoms with Crippen LogP contribution in [0.15, 0.2) is 47.1 Å². The lowest BCUT2D eigenvalue weighted by atomic mass is 10.1. The molecule has 7 heteroatoms. The van der Waals surface area contributed by atoms with E-state index in [-0.39, 0.29) is 23.4 Å². The normalized spacial score (nSPS) is 15.5. The highest BCUT2D eigenvalue weighted by Crippen LogP contribution is 2.33. The smallest absolute Gasteiger partial charge is 0.259 e. The lowest BCUT2D eigenvalue weighted by Gasteiger charge is -2.14. The van der Waals surface area contributed by atoms with Crippen LogP contribution in [0.4, 0.5) is 5.88 Å². The lowest BCUT2D eigenvalue weighted by molar-refractivity contribution is 0.0938. The van der Waals surface area contributed by atoms with Crippen molar-refractivity contribution < 1.29 is 14.1 Å². The highest BCUT2D eigenvalue weighted by atomic mass is 16.5. The molecule has 4 rings (SSSR count). The number of carbonyl (C=O) groups excluding carboxylic acids is 1. The van der Waals surface area contributed by atoms with E-state index in [0.29, 0.717) is 17.1 Å². The molecule has 2 aromatic heterocycles. The van der Waals surface area contributed by atoms with Crippen molar-refractivity contribution >= 4 is 11.8 Å². The summed E-state index contributed by atoms with van der Waals surface area (Å²) in [6, 6.07) is 11.5. The number of amides is 1. The van der Waals surface area contributed by atoms with Gasteiger partial charge in [-0.1, -0.05) is 29.4 Å². The maximum atomic E-state index is 12.9. The molecular weight excluding hydrogens is 332 g/mol. The molecule has 1 aliphatic carbocycles. The number of aromatic nitrogens is 2. The molecule has 0 saturated carbocycles. The van der Waals surface area contributed by atoms with Crippen LogP contribution in [0, 0.1) is 0 Å². The van der Waals surface area contributed by atoms with Gasteiger partial charge in [0.1, 0.15) is 11.3 Å². The number of benzene rings is 1. The van der Waals surface area contributed by atoms with Crippen LogP contribution < -0.4 is 15.8 Å². The lowest BCUT2D eigenvalue weighted by Crippen LogP contribution is -2.27. The van der Waals surface area contributed by atoms with E-state index in [1.807, 2.05) is 18.2 Å². The number of nitrogens with two attached hydrogens (primary N) is 1. The zero-order valence-electron chi connectivity index (χ0n) is 14.2. The summed E-state index contributed by atoms with van der Waals surface area (Å²) in [7, 11) is 1.54. The monoisotopic (exact) mass is 350 g/mol. The van der Waals surface area contributed by atoms with Gasteiger partial charge >= 0.3 is 0 Å². The van der Waals surface area contributed by atoms with Gasteiger partial charge < -0.3 is 20.3 Å². The van der Waals surface area contributed by atoms with Crippen LogP contribution >= 0.6 is 0 Å². The summed E-state index contributed by atoms with van der Waals surface area (Å²) in [6.07, 6.45) is 3.36. The minimum atomic E-state index is -0.309. The SMILES string of the molecule is COc1ccc(-c2noc(N)c2C(=O)NC2CCc3ccccc32)cn1. The van der Waals surface area contributed by atoms with Crippen LogP contribution in [0.5, 0.6) is 5.88 Å². The summed E-state index contributed by atoms with van der Waals surface area (Å²) in [5.41, 5.74) is 9.49. The van der Waals surface area contributed by atoms with Crippen molar-refractivity contribution in [3.8, 4) is 17.1 Å². The van der Waals surface area contributed by atoms with Crippen LogP contribution in [-0.4, -0.2) is 23.2 Å².